The quantitative estimate of drug-likeness (QED) is 0.424. The highest BCUT2D eigenvalue weighted by Gasteiger charge is 2.63. The Morgan fingerprint density at radius 1 is 1.40 bits per heavy atom. The molecular formula is C5H13O4Si+. The van der Waals surface area contributed by atoms with Crippen LogP contribution in [0.3, 0.4) is 0 Å². The van der Waals surface area contributed by atoms with Gasteiger partial charge in [-0.15, -0.1) is 0 Å². The number of hydrogen-bond acceptors (Lipinski definition) is 3. The van der Waals surface area contributed by atoms with E-state index in [1.807, 2.05) is 7.11 Å². The van der Waals surface area contributed by atoms with E-state index in [9.17, 15) is 0 Å². The molecule has 0 saturated carbocycles. The first-order chi connectivity index (χ1) is 4.75. The van der Waals surface area contributed by atoms with Crippen LogP contribution in [0.4, 0.5) is 0 Å². The lowest BCUT2D eigenvalue weighted by Crippen LogP contribution is -2.48. The molecule has 1 heterocycles. The third kappa shape index (κ3) is 1.10. The molecule has 0 amide bonds. The number of rotatable bonds is 2. The van der Waals surface area contributed by atoms with Crippen LogP contribution in [0.2, 0.25) is 0 Å². The molecule has 1 fully saturated rings. The van der Waals surface area contributed by atoms with Gasteiger partial charge >= 0.3 is 9.05 Å². The van der Waals surface area contributed by atoms with Gasteiger partial charge in [0.1, 0.15) is 13.7 Å². The maximum atomic E-state index is 5.33. The molecule has 0 aromatic carbocycles. The van der Waals surface area contributed by atoms with Crippen molar-refractivity contribution in [2.24, 2.45) is 0 Å². The van der Waals surface area contributed by atoms with Gasteiger partial charge in [-0.3, -0.25) is 4.43 Å². The van der Waals surface area contributed by atoms with E-state index in [0.717, 1.165) is 6.61 Å². The molecule has 1 saturated heterocycles. The van der Waals surface area contributed by atoms with E-state index < -0.39 is 9.05 Å². The van der Waals surface area contributed by atoms with E-state index in [1.165, 1.54) is 0 Å². The molecule has 5 heteroatoms. The highest BCUT2D eigenvalue weighted by atomic mass is 28.4. The predicted octanol–water partition coefficient (Wildman–Crippen LogP) is -0.0729. The van der Waals surface area contributed by atoms with Gasteiger partial charge in [-0.25, -0.2) is 0 Å². The Hall–Kier alpha value is 0.0569. The molecule has 1 aliphatic heterocycles. The molecule has 0 aliphatic carbocycles. The second-order valence-electron chi connectivity index (χ2n) is 2.10. The predicted molar refractivity (Wildman–Crippen MR) is 37.6 cm³/mol. The zero-order valence-corrected chi connectivity index (χ0v) is 7.55. The smallest absolute Gasteiger partial charge is 0.453 e. The third-order valence-corrected chi connectivity index (χ3v) is 4.21. The van der Waals surface area contributed by atoms with Gasteiger partial charge in [0.15, 0.2) is 6.61 Å². The van der Waals surface area contributed by atoms with E-state index in [1.54, 1.807) is 14.2 Å². The minimum absolute atomic E-state index is 0.676. The van der Waals surface area contributed by atoms with Gasteiger partial charge in [0.2, 0.25) is 0 Å². The fraction of sp³-hybridized carbons (Fsp3) is 1.00. The van der Waals surface area contributed by atoms with E-state index in [-0.39, 0.29) is 0 Å². The summed E-state index contributed by atoms with van der Waals surface area (Å²) in [5.74, 6) is 0. The fourth-order valence-corrected chi connectivity index (χ4v) is 2.84. The lowest BCUT2D eigenvalue weighted by atomic mass is 10.8. The monoisotopic (exact) mass is 165 g/mol. The highest BCUT2D eigenvalue weighted by molar-refractivity contribution is 6.54. The van der Waals surface area contributed by atoms with E-state index >= 15 is 0 Å². The molecule has 0 aromatic rings. The molecule has 1 aliphatic rings. The summed E-state index contributed by atoms with van der Waals surface area (Å²) in [5, 5.41) is 0. The van der Waals surface area contributed by atoms with E-state index in [4.69, 9.17) is 13.3 Å². The summed E-state index contributed by atoms with van der Waals surface area (Å²) in [7, 11) is 2.64. The fourth-order valence-electron chi connectivity index (χ4n) is 1.00. The van der Waals surface area contributed by atoms with Gasteiger partial charge in [0.25, 0.3) is 0 Å². The van der Waals surface area contributed by atoms with Crippen molar-refractivity contribution in [3.8, 4) is 0 Å². The van der Waals surface area contributed by atoms with Crippen molar-refractivity contribution in [2.45, 2.75) is 0 Å². The minimum Gasteiger partial charge on any atom is -0.453 e. The van der Waals surface area contributed by atoms with Gasteiger partial charge in [-0.2, -0.15) is 0 Å². The second-order valence-corrected chi connectivity index (χ2v) is 4.90. The van der Waals surface area contributed by atoms with Crippen LogP contribution >= 0.6 is 0 Å². The average molecular weight is 165 g/mol. The van der Waals surface area contributed by atoms with Gasteiger partial charge in [0.05, 0.1) is 0 Å². The van der Waals surface area contributed by atoms with Gasteiger partial charge < -0.3 is 12.9 Å². The normalized spacial score (nSPS) is 25.5. The van der Waals surface area contributed by atoms with Crippen molar-refractivity contribution in [1.29, 1.82) is 0 Å². The Kier molecular flexibility index (Phi) is 2.43. The van der Waals surface area contributed by atoms with Crippen LogP contribution in [-0.4, -0.2) is 43.6 Å². The molecular weight excluding hydrogens is 152 g/mol. The summed E-state index contributed by atoms with van der Waals surface area (Å²) in [6.07, 6.45) is 0. The highest BCUT2D eigenvalue weighted by Crippen LogP contribution is 2.21. The molecule has 60 valence electrons. The summed E-state index contributed by atoms with van der Waals surface area (Å²) >= 11 is 0. The molecule has 1 rings (SSSR count). The summed E-state index contributed by atoms with van der Waals surface area (Å²) in [4.78, 5) is 0. The first-order valence-corrected chi connectivity index (χ1v) is 4.75. The maximum Gasteiger partial charge on any atom is 0.910 e. The molecule has 0 spiro atoms. The molecule has 0 unspecified atom stereocenters. The molecule has 0 N–H and O–H groups in total. The molecule has 0 bridgehead atoms. The Balaban J connectivity index is 2.61. The lowest BCUT2D eigenvalue weighted by Gasteiger charge is -2.18. The summed E-state index contributed by atoms with van der Waals surface area (Å²) < 4.78 is 18.4. The Morgan fingerprint density at radius 3 is 2.20 bits per heavy atom. The van der Waals surface area contributed by atoms with Crippen LogP contribution in [0.1, 0.15) is 0 Å². The van der Waals surface area contributed by atoms with E-state index in [2.05, 4.69) is 4.06 Å². The van der Waals surface area contributed by atoms with Crippen molar-refractivity contribution in [2.75, 3.05) is 34.5 Å². The lowest BCUT2D eigenvalue weighted by molar-refractivity contribution is -0.0505. The van der Waals surface area contributed by atoms with Crippen molar-refractivity contribution >= 4 is 9.05 Å². The van der Waals surface area contributed by atoms with E-state index in [0.29, 0.717) is 6.61 Å². The average Bonchev–Trinajstić information content (AvgIpc) is 2.32. The standard InChI is InChI=1S/C5H13O4Si/c1-6-10(7-2)8-4-5-9(10)3/h4-5H2,1-3H3/q+1. The second kappa shape index (κ2) is 2.98. The molecule has 10 heavy (non-hydrogen) atoms. The van der Waals surface area contributed by atoms with Crippen LogP contribution in [0.5, 0.6) is 0 Å². The SMILES string of the molecule is CO[Si]1(OC)OCC[O+]1C. The van der Waals surface area contributed by atoms with Crippen molar-refractivity contribution in [1.82, 2.24) is 0 Å². The number of hydrogen-bond donors (Lipinski definition) is 0. The topological polar surface area (TPSA) is 30.4 Å². The third-order valence-electron chi connectivity index (χ3n) is 1.60. The molecule has 0 atom stereocenters. The van der Waals surface area contributed by atoms with Gasteiger partial charge in [-0.05, 0) is 0 Å². The van der Waals surface area contributed by atoms with Gasteiger partial charge in [0, 0.05) is 14.2 Å². The van der Waals surface area contributed by atoms with Crippen LogP contribution in [-0.2, 0) is 17.3 Å². The van der Waals surface area contributed by atoms with Gasteiger partial charge in [-0.1, -0.05) is 0 Å². The Bertz CT molecular complexity index is 114. The van der Waals surface area contributed by atoms with Crippen LogP contribution in [0.25, 0.3) is 0 Å². The largest absolute Gasteiger partial charge is 0.910 e. The van der Waals surface area contributed by atoms with Crippen LogP contribution in [0.15, 0.2) is 0 Å². The zero-order valence-electron chi connectivity index (χ0n) is 6.55. The molecule has 0 aromatic heterocycles. The van der Waals surface area contributed by atoms with Crippen molar-refractivity contribution in [3.63, 3.8) is 0 Å². The van der Waals surface area contributed by atoms with Crippen molar-refractivity contribution < 1.29 is 17.3 Å². The summed E-state index contributed by atoms with van der Waals surface area (Å²) in [5.41, 5.74) is 0. The summed E-state index contributed by atoms with van der Waals surface area (Å²) in [6, 6.07) is 0. The summed E-state index contributed by atoms with van der Waals surface area (Å²) in [6.45, 7) is 1.49. The first kappa shape index (κ1) is 8.16. The van der Waals surface area contributed by atoms with Crippen LogP contribution < -0.4 is 0 Å². The minimum atomic E-state index is -2.43. The molecule has 0 radical (unpaired) electrons. The molecule has 4 nitrogen and oxygen atoms in total. The van der Waals surface area contributed by atoms with Crippen molar-refractivity contribution in [3.05, 3.63) is 0 Å². The Labute approximate surface area is 61.8 Å². The zero-order chi connectivity index (χ0) is 7.61. The first-order valence-electron chi connectivity index (χ1n) is 3.12. The Morgan fingerprint density at radius 2 is 2.00 bits per heavy atom. The van der Waals surface area contributed by atoms with Crippen LogP contribution in [0, 0.1) is 0 Å². The maximum absolute atomic E-state index is 5.33.